The second kappa shape index (κ2) is 11.1. The molecular weight excluding hydrogens is 514 g/mol. The summed E-state index contributed by atoms with van der Waals surface area (Å²) in [5.74, 6) is -0.928. The number of methoxy groups -OCH3 is 1. The monoisotopic (exact) mass is 540 g/mol. The third kappa shape index (κ3) is 5.19. The number of aromatic nitrogens is 4. The van der Waals surface area contributed by atoms with Crippen LogP contribution >= 0.6 is 0 Å². The van der Waals surface area contributed by atoms with Crippen molar-refractivity contribution < 1.29 is 23.4 Å². The molecule has 0 spiro atoms. The number of ether oxygens (including phenoxy) is 1. The van der Waals surface area contributed by atoms with Crippen LogP contribution in [0.1, 0.15) is 27.0 Å². The van der Waals surface area contributed by atoms with E-state index >= 15 is 0 Å². The summed E-state index contributed by atoms with van der Waals surface area (Å²) in [7, 11) is 1.36. The molecule has 0 saturated carbocycles. The first kappa shape index (κ1) is 26.7. The van der Waals surface area contributed by atoms with E-state index in [1.165, 1.54) is 31.4 Å². The van der Waals surface area contributed by atoms with Gasteiger partial charge in [-0.3, -0.25) is 0 Å². The standard InChI is InChI=1S/C16H13FN2O2.C15H13FN2O/c1-10-7-15-11(8-14(10)16(20)21-2)9-18-19(15)13-5-3-12(17)4-6-13;1-10-6-15-11(7-12(10)9-19)8-17-18(15)14-4-2-13(16)3-5-14/h3-9H,1-2H3;2-8,19H,9H2,1H3. The molecule has 40 heavy (non-hydrogen) atoms. The number of rotatable bonds is 4. The average molecular weight is 541 g/mol. The molecule has 202 valence electrons. The zero-order valence-corrected chi connectivity index (χ0v) is 22.1. The molecule has 1 N–H and O–H groups in total. The van der Waals surface area contributed by atoms with Gasteiger partial charge in [0.2, 0.25) is 0 Å². The zero-order valence-electron chi connectivity index (χ0n) is 22.1. The number of nitrogens with zero attached hydrogens (tertiary/aromatic N) is 4. The number of esters is 1. The third-order valence-electron chi connectivity index (χ3n) is 6.66. The number of aryl methyl sites for hydroxylation is 2. The molecule has 0 saturated heterocycles. The SMILES string of the molecule is COC(=O)c1cc2cnn(-c3ccc(F)cc3)c2cc1C.Cc1cc2c(cnn2-c2ccc(F)cc2)cc1CO. The van der Waals surface area contributed by atoms with E-state index in [1.807, 2.05) is 32.0 Å². The summed E-state index contributed by atoms with van der Waals surface area (Å²) in [4.78, 5) is 11.7. The van der Waals surface area contributed by atoms with Gasteiger partial charge in [-0.15, -0.1) is 0 Å². The summed E-state index contributed by atoms with van der Waals surface area (Å²) in [6.45, 7) is 3.81. The lowest BCUT2D eigenvalue weighted by molar-refractivity contribution is 0.0600. The lowest BCUT2D eigenvalue weighted by Crippen LogP contribution is -2.04. The number of fused-ring (bicyclic) bond motifs is 2. The molecule has 6 aromatic rings. The number of hydrogen-bond donors (Lipinski definition) is 1. The molecule has 0 radical (unpaired) electrons. The van der Waals surface area contributed by atoms with Gasteiger partial charge in [0.15, 0.2) is 0 Å². The van der Waals surface area contributed by atoms with Gasteiger partial charge in [0.05, 0.1) is 54.1 Å². The Labute approximate surface area is 228 Å². The smallest absolute Gasteiger partial charge is 0.338 e. The molecule has 0 bridgehead atoms. The number of benzene rings is 4. The molecule has 4 aromatic carbocycles. The number of halogens is 2. The predicted molar refractivity (Wildman–Crippen MR) is 149 cm³/mol. The van der Waals surface area contributed by atoms with Gasteiger partial charge in [-0.25, -0.2) is 22.9 Å². The van der Waals surface area contributed by atoms with Crippen molar-refractivity contribution in [2.24, 2.45) is 0 Å². The molecule has 0 atom stereocenters. The van der Waals surface area contributed by atoms with E-state index in [0.717, 1.165) is 49.9 Å². The van der Waals surface area contributed by atoms with Crippen molar-refractivity contribution >= 4 is 27.8 Å². The van der Waals surface area contributed by atoms with Crippen LogP contribution in [0.3, 0.4) is 0 Å². The van der Waals surface area contributed by atoms with Crippen LogP contribution in [0.2, 0.25) is 0 Å². The van der Waals surface area contributed by atoms with Crippen molar-refractivity contribution in [2.45, 2.75) is 20.5 Å². The Morgan fingerprint density at radius 2 is 1.25 bits per heavy atom. The maximum absolute atomic E-state index is 13.0. The number of aliphatic hydroxyl groups is 1. The van der Waals surface area contributed by atoms with Gasteiger partial charge in [-0.05, 0) is 103 Å². The van der Waals surface area contributed by atoms with E-state index in [1.54, 1.807) is 52.1 Å². The van der Waals surface area contributed by atoms with E-state index in [2.05, 4.69) is 10.2 Å². The molecule has 6 rings (SSSR count). The lowest BCUT2D eigenvalue weighted by atomic mass is 10.1. The highest BCUT2D eigenvalue weighted by Crippen LogP contribution is 2.24. The van der Waals surface area contributed by atoms with Crippen LogP contribution in [0.5, 0.6) is 0 Å². The number of aliphatic hydroxyl groups excluding tert-OH is 1. The van der Waals surface area contributed by atoms with Gasteiger partial charge in [0.1, 0.15) is 11.6 Å². The quantitative estimate of drug-likeness (QED) is 0.268. The van der Waals surface area contributed by atoms with Crippen molar-refractivity contribution in [3.63, 3.8) is 0 Å². The largest absolute Gasteiger partial charge is 0.465 e. The minimum Gasteiger partial charge on any atom is -0.465 e. The highest BCUT2D eigenvalue weighted by molar-refractivity contribution is 5.96. The van der Waals surface area contributed by atoms with Crippen molar-refractivity contribution in [2.75, 3.05) is 7.11 Å². The molecule has 0 amide bonds. The zero-order chi connectivity index (χ0) is 28.4. The molecule has 2 heterocycles. The van der Waals surface area contributed by atoms with Gasteiger partial charge in [0, 0.05) is 10.8 Å². The Balaban J connectivity index is 0.000000162. The second-order valence-electron chi connectivity index (χ2n) is 9.28. The Hall–Kier alpha value is -4.89. The molecule has 2 aromatic heterocycles. The fourth-order valence-electron chi connectivity index (χ4n) is 4.48. The van der Waals surface area contributed by atoms with Crippen LogP contribution in [0, 0.1) is 25.5 Å². The van der Waals surface area contributed by atoms with Crippen molar-refractivity contribution in [1.29, 1.82) is 0 Å². The molecule has 0 aliphatic carbocycles. The van der Waals surface area contributed by atoms with Crippen LogP contribution in [0.15, 0.2) is 85.2 Å². The van der Waals surface area contributed by atoms with Crippen LogP contribution < -0.4 is 0 Å². The van der Waals surface area contributed by atoms with Gasteiger partial charge in [-0.1, -0.05) is 0 Å². The van der Waals surface area contributed by atoms with Gasteiger partial charge < -0.3 is 9.84 Å². The first-order chi connectivity index (χ1) is 19.3. The summed E-state index contributed by atoms with van der Waals surface area (Å²) in [5, 5.41) is 19.7. The molecule has 0 aliphatic heterocycles. The van der Waals surface area contributed by atoms with E-state index in [4.69, 9.17) is 4.74 Å². The van der Waals surface area contributed by atoms with Gasteiger partial charge in [-0.2, -0.15) is 10.2 Å². The summed E-state index contributed by atoms with van der Waals surface area (Å²) in [6, 6.07) is 19.8. The summed E-state index contributed by atoms with van der Waals surface area (Å²) in [6.07, 6.45) is 3.42. The Kier molecular flexibility index (Phi) is 7.39. The Bertz CT molecular complexity index is 1820. The highest BCUT2D eigenvalue weighted by Gasteiger charge is 2.14. The fourth-order valence-corrected chi connectivity index (χ4v) is 4.48. The van der Waals surface area contributed by atoms with E-state index in [-0.39, 0.29) is 24.2 Å². The van der Waals surface area contributed by atoms with E-state index < -0.39 is 0 Å². The molecule has 7 nitrogen and oxygen atoms in total. The number of hydrogen-bond acceptors (Lipinski definition) is 5. The van der Waals surface area contributed by atoms with Crippen LogP contribution in [-0.4, -0.2) is 37.7 Å². The van der Waals surface area contributed by atoms with Gasteiger partial charge >= 0.3 is 5.97 Å². The first-order valence-electron chi connectivity index (χ1n) is 12.5. The maximum Gasteiger partial charge on any atom is 0.338 e. The average Bonchev–Trinajstić information content (AvgIpc) is 3.56. The lowest BCUT2D eigenvalue weighted by Gasteiger charge is -2.07. The molecule has 0 unspecified atom stereocenters. The van der Waals surface area contributed by atoms with Crippen LogP contribution in [0.4, 0.5) is 8.78 Å². The van der Waals surface area contributed by atoms with E-state index in [0.29, 0.717) is 5.56 Å². The molecule has 9 heteroatoms. The summed E-state index contributed by atoms with van der Waals surface area (Å²) >= 11 is 0. The predicted octanol–water partition coefficient (Wildman–Crippen LogP) is 6.22. The van der Waals surface area contributed by atoms with Crippen LogP contribution in [-0.2, 0) is 11.3 Å². The minimum atomic E-state index is -0.371. The van der Waals surface area contributed by atoms with Crippen molar-refractivity contribution in [3.8, 4) is 11.4 Å². The first-order valence-corrected chi connectivity index (χ1v) is 12.5. The fraction of sp³-hybridized carbons (Fsp3) is 0.129. The normalized spacial score (nSPS) is 10.9. The highest BCUT2D eigenvalue weighted by atomic mass is 19.1. The topological polar surface area (TPSA) is 82.2 Å². The number of carbonyl (C=O) groups is 1. The molecule has 0 aliphatic rings. The van der Waals surface area contributed by atoms with Crippen molar-refractivity contribution in [3.05, 3.63) is 119 Å². The van der Waals surface area contributed by atoms with Crippen molar-refractivity contribution in [1.82, 2.24) is 19.6 Å². The molecular formula is C31H26F2N4O3. The van der Waals surface area contributed by atoms with E-state index in [9.17, 15) is 18.7 Å². The summed E-state index contributed by atoms with van der Waals surface area (Å²) < 4.78 is 34.2. The Morgan fingerprint density at radius 3 is 1.73 bits per heavy atom. The Morgan fingerprint density at radius 1 is 0.775 bits per heavy atom. The maximum atomic E-state index is 13.0. The minimum absolute atomic E-state index is 0.0174. The second-order valence-corrected chi connectivity index (χ2v) is 9.28. The third-order valence-corrected chi connectivity index (χ3v) is 6.66. The van der Waals surface area contributed by atoms with Gasteiger partial charge in [0.25, 0.3) is 0 Å². The number of carbonyl (C=O) groups excluding carboxylic acids is 1. The molecule has 0 fully saturated rings. The summed E-state index contributed by atoms with van der Waals surface area (Å²) in [5.41, 5.74) is 6.60. The van der Waals surface area contributed by atoms with Crippen LogP contribution in [0.25, 0.3) is 33.2 Å².